The van der Waals surface area contributed by atoms with E-state index in [0.717, 1.165) is 5.01 Å². The van der Waals surface area contributed by atoms with E-state index in [1.807, 2.05) is 12.3 Å². The maximum Gasteiger partial charge on any atom is 0.168 e. The highest BCUT2D eigenvalue weighted by Gasteiger charge is 1.91. The van der Waals surface area contributed by atoms with Crippen molar-refractivity contribution in [2.75, 3.05) is 0 Å². The molecule has 0 saturated carbocycles. The number of aromatic nitrogens is 1. The van der Waals surface area contributed by atoms with Gasteiger partial charge in [0.15, 0.2) is 6.61 Å². The lowest BCUT2D eigenvalue weighted by Gasteiger charge is -1.91. The predicted octanol–water partition coefficient (Wildman–Crippen LogP) is 1.67. The quantitative estimate of drug-likeness (QED) is 0.492. The van der Waals surface area contributed by atoms with Crippen molar-refractivity contribution in [1.82, 2.24) is 4.98 Å². The minimum absolute atomic E-state index is 0.474. The topological polar surface area (TPSA) is 34.5 Å². The molecule has 0 unspecified atom stereocenters. The van der Waals surface area contributed by atoms with E-state index in [9.17, 15) is 0 Å². The number of hydrogen-bond donors (Lipinski definition) is 0. The highest BCUT2D eigenvalue weighted by atomic mass is 32.1. The molecule has 0 radical (unpaired) electrons. The van der Waals surface area contributed by atoms with Crippen LogP contribution in [0.5, 0.6) is 0 Å². The smallest absolute Gasteiger partial charge is 0.168 e. The lowest BCUT2D eigenvalue weighted by Crippen LogP contribution is -1.83. The van der Waals surface area contributed by atoms with Gasteiger partial charge in [-0.05, 0) is 6.92 Å². The number of rotatable bonds is 3. The van der Waals surface area contributed by atoms with E-state index in [2.05, 4.69) is 10.1 Å². The molecule has 0 aliphatic rings. The first-order valence-corrected chi connectivity index (χ1v) is 3.79. The van der Waals surface area contributed by atoms with Gasteiger partial charge in [0.2, 0.25) is 0 Å². The predicted molar refractivity (Wildman–Crippen MR) is 41.1 cm³/mol. The van der Waals surface area contributed by atoms with Crippen LogP contribution in [0.1, 0.15) is 11.9 Å². The van der Waals surface area contributed by atoms with Crippen LogP contribution in [0, 0.1) is 0 Å². The summed E-state index contributed by atoms with van der Waals surface area (Å²) in [6.07, 6.45) is 3.35. The lowest BCUT2D eigenvalue weighted by atomic mass is 10.8. The highest BCUT2D eigenvalue weighted by Crippen LogP contribution is 2.04. The summed E-state index contributed by atoms with van der Waals surface area (Å²) in [5.74, 6) is 0. The minimum atomic E-state index is 0.474. The van der Waals surface area contributed by atoms with Crippen LogP contribution in [-0.4, -0.2) is 11.2 Å². The van der Waals surface area contributed by atoms with Crippen molar-refractivity contribution in [1.29, 1.82) is 0 Å². The molecular weight excluding hydrogens is 148 g/mol. The van der Waals surface area contributed by atoms with Crippen molar-refractivity contribution >= 4 is 17.6 Å². The van der Waals surface area contributed by atoms with Gasteiger partial charge in [0.1, 0.15) is 5.01 Å². The average Bonchev–Trinajstić information content (AvgIpc) is 2.41. The molecule has 4 heteroatoms. The van der Waals surface area contributed by atoms with Gasteiger partial charge in [0, 0.05) is 17.8 Å². The van der Waals surface area contributed by atoms with Gasteiger partial charge in [-0.25, -0.2) is 4.98 Å². The molecule has 0 saturated heterocycles. The fourth-order valence-electron chi connectivity index (χ4n) is 0.491. The van der Waals surface area contributed by atoms with E-state index in [1.54, 1.807) is 23.7 Å². The summed E-state index contributed by atoms with van der Waals surface area (Å²) >= 11 is 1.56. The van der Waals surface area contributed by atoms with Crippen molar-refractivity contribution in [3.63, 3.8) is 0 Å². The molecule has 1 heterocycles. The fraction of sp³-hybridized carbons (Fsp3) is 0.333. The Balaban J connectivity index is 2.28. The minimum Gasteiger partial charge on any atom is -0.389 e. The van der Waals surface area contributed by atoms with Gasteiger partial charge in [-0.2, -0.15) is 0 Å². The highest BCUT2D eigenvalue weighted by molar-refractivity contribution is 7.09. The third kappa shape index (κ3) is 2.14. The van der Waals surface area contributed by atoms with Gasteiger partial charge < -0.3 is 4.84 Å². The van der Waals surface area contributed by atoms with E-state index >= 15 is 0 Å². The van der Waals surface area contributed by atoms with Gasteiger partial charge in [0.05, 0.1) is 0 Å². The molecule has 1 rings (SSSR count). The Labute approximate surface area is 63.3 Å². The van der Waals surface area contributed by atoms with Gasteiger partial charge >= 0.3 is 0 Å². The second-order valence-electron chi connectivity index (χ2n) is 1.56. The van der Waals surface area contributed by atoms with Gasteiger partial charge in [-0.3, -0.25) is 0 Å². The van der Waals surface area contributed by atoms with Crippen molar-refractivity contribution < 1.29 is 4.84 Å². The van der Waals surface area contributed by atoms with Crippen LogP contribution in [0.4, 0.5) is 0 Å². The second-order valence-corrected chi connectivity index (χ2v) is 2.54. The van der Waals surface area contributed by atoms with Crippen LogP contribution < -0.4 is 0 Å². The summed E-state index contributed by atoms with van der Waals surface area (Å²) in [5.41, 5.74) is 0. The molecule has 1 aromatic heterocycles. The molecule has 1 aromatic rings. The Bertz CT molecular complexity index is 196. The zero-order valence-electron chi connectivity index (χ0n) is 5.65. The first kappa shape index (κ1) is 7.21. The van der Waals surface area contributed by atoms with Crippen LogP contribution in [0.15, 0.2) is 16.7 Å². The normalized spacial score (nSPS) is 10.5. The van der Waals surface area contributed by atoms with E-state index in [-0.39, 0.29) is 0 Å². The Morgan fingerprint density at radius 2 is 2.80 bits per heavy atom. The summed E-state index contributed by atoms with van der Waals surface area (Å²) in [4.78, 5) is 8.85. The Morgan fingerprint density at radius 1 is 1.90 bits per heavy atom. The third-order valence-electron chi connectivity index (χ3n) is 0.851. The van der Waals surface area contributed by atoms with Crippen molar-refractivity contribution in [2.24, 2.45) is 5.16 Å². The Hall–Kier alpha value is -0.900. The van der Waals surface area contributed by atoms with Gasteiger partial charge in [-0.15, -0.1) is 11.3 Å². The number of oxime groups is 1. The molecule has 10 heavy (non-hydrogen) atoms. The molecule has 0 aromatic carbocycles. The molecule has 0 aliphatic heterocycles. The average molecular weight is 156 g/mol. The van der Waals surface area contributed by atoms with Crippen LogP contribution >= 0.6 is 11.3 Å². The van der Waals surface area contributed by atoms with E-state index in [1.165, 1.54) is 0 Å². The maximum atomic E-state index is 4.84. The van der Waals surface area contributed by atoms with Crippen LogP contribution in [0.2, 0.25) is 0 Å². The molecular formula is C6H8N2OS. The van der Waals surface area contributed by atoms with Gasteiger partial charge in [-0.1, -0.05) is 5.16 Å². The number of nitrogens with zero attached hydrogens (tertiary/aromatic N) is 2. The summed E-state index contributed by atoms with van der Waals surface area (Å²) in [5, 5.41) is 6.45. The van der Waals surface area contributed by atoms with Crippen molar-refractivity contribution in [2.45, 2.75) is 13.5 Å². The monoisotopic (exact) mass is 156 g/mol. The molecule has 0 fully saturated rings. The Kier molecular flexibility index (Phi) is 2.89. The maximum absolute atomic E-state index is 4.84. The summed E-state index contributed by atoms with van der Waals surface area (Å²) in [6, 6.07) is 0. The summed E-state index contributed by atoms with van der Waals surface area (Å²) in [6.45, 7) is 2.28. The molecule has 0 N–H and O–H groups in total. The summed E-state index contributed by atoms with van der Waals surface area (Å²) in [7, 11) is 0. The fourth-order valence-corrected chi connectivity index (χ4v) is 1.01. The van der Waals surface area contributed by atoms with Crippen LogP contribution in [0.3, 0.4) is 0 Å². The first-order valence-electron chi connectivity index (χ1n) is 2.92. The SMILES string of the molecule is C/C=N/OCc1nccs1. The molecule has 0 atom stereocenters. The van der Waals surface area contributed by atoms with Crippen molar-refractivity contribution in [3.05, 3.63) is 16.6 Å². The standard InChI is InChI=1S/C6H8N2OS/c1-2-8-9-5-6-7-3-4-10-6/h2-4H,5H2,1H3/b8-2+. The van der Waals surface area contributed by atoms with Crippen molar-refractivity contribution in [3.8, 4) is 0 Å². The molecule has 0 spiro atoms. The van der Waals surface area contributed by atoms with E-state index in [0.29, 0.717) is 6.61 Å². The molecule has 0 bridgehead atoms. The summed E-state index contributed by atoms with van der Waals surface area (Å²) < 4.78 is 0. The molecule has 0 aliphatic carbocycles. The molecule has 54 valence electrons. The Morgan fingerprint density at radius 3 is 3.40 bits per heavy atom. The zero-order chi connectivity index (χ0) is 7.23. The zero-order valence-corrected chi connectivity index (χ0v) is 6.47. The van der Waals surface area contributed by atoms with Gasteiger partial charge in [0.25, 0.3) is 0 Å². The second kappa shape index (κ2) is 4.00. The van der Waals surface area contributed by atoms with Crippen LogP contribution in [0.25, 0.3) is 0 Å². The number of thiazole rings is 1. The number of hydrogen-bond acceptors (Lipinski definition) is 4. The van der Waals surface area contributed by atoms with E-state index in [4.69, 9.17) is 4.84 Å². The molecule has 3 nitrogen and oxygen atoms in total. The van der Waals surface area contributed by atoms with E-state index < -0.39 is 0 Å². The van der Waals surface area contributed by atoms with Crippen LogP contribution in [-0.2, 0) is 11.4 Å². The third-order valence-corrected chi connectivity index (χ3v) is 1.60. The largest absolute Gasteiger partial charge is 0.389 e. The lowest BCUT2D eigenvalue weighted by molar-refractivity contribution is 0.131. The first-order chi connectivity index (χ1) is 4.93. The molecule has 0 amide bonds.